The van der Waals surface area contributed by atoms with Gasteiger partial charge in [-0.15, -0.1) is 0 Å². The van der Waals surface area contributed by atoms with E-state index in [0.29, 0.717) is 19.3 Å². The SMILES string of the molecule is CN=C(NCCC(C)c1ccc(OC)cc1)NCc1ccc2c(c1)OCO2. The summed E-state index contributed by atoms with van der Waals surface area (Å²) in [6.07, 6.45) is 1.01. The van der Waals surface area contributed by atoms with Gasteiger partial charge in [0.2, 0.25) is 6.79 Å². The Hall–Kier alpha value is -2.89. The van der Waals surface area contributed by atoms with Crippen molar-refractivity contribution >= 4 is 5.96 Å². The highest BCUT2D eigenvalue weighted by Crippen LogP contribution is 2.32. The zero-order chi connectivity index (χ0) is 19.1. The Labute approximate surface area is 160 Å². The first kappa shape index (κ1) is 18.9. The summed E-state index contributed by atoms with van der Waals surface area (Å²) in [7, 11) is 3.46. The predicted octanol–water partition coefficient (Wildman–Crippen LogP) is 3.28. The van der Waals surface area contributed by atoms with Crippen LogP contribution in [0.4, 0.5) is 0 Å². The minimum absolute atomic E-state index is 0.293. The average Bonchev–Trinajstić information content (AvgIpc) is 3.18. The van der Waals surface area contributed by atoms with Gasteiger partial charge in [-0.3, -0.25) is 4.99 Å². The molecule has 0 radical (unpaired) electrons. The smallest absolute Gasteiger partial charge is 0.231 e. The third-order valence-electron chi connectivity index (χ3n) is 4.68. The van der Waals surface area contributed by atoms with Gasteiger partial charge in [-0.2, -0.15) is 0 Å². The summed E-state index contributed by atoms with van der Waals surface area (Å²) in [6.45, 7) is 4.03. The van der Waals surface area contributed by atoms with Crippen molar-refractivity contribution in [1.82, 2.24) is 10.6 Å². The summed E-state index contributed by atoms with van der Waals surface area (Å²) < 4.78 is 16.0. The standard InChI is InChI=1S/C21H27N3O3/c1-15(17-5-7-18(25-3)8-6-17)10-11-23-21(22-2)24-13-16-4-9-19-20(12-16)27-14-26-19/h4-9,12,15H,10-11,13-14H2,1-3H3,(H2,22,23,24). The molecule has 6 heteroatoms. The van der Waals surface area contributed by atoms with Crippen molar-refractivity contribution in [2.24, 2.45) is 4.99 Å². The Morgan fingerprint density at radius 1 is 1.11 bits per heavy atom. The van der Waals surface area contributed by atoms with Crippen molar-refractivity contribution in [3.63, 3.8) is 0 Å². The molecule has 6 nitrogen and oxygen atoms in total. The lowest BCUT2D eigenvalue weighted by Crippen LogP contribution is -2.37. The molecule has 0 saturated heterocycles. The van der Waals surface area contributed by atoms with E-state index in [4.69, 9.17) is 14.2 Å². The van der Waals surface area contributed by atoms with Crippen LogP contribution in [0.1, 0.15) is 30.4 Å². The molecule has 2 aromatic carbocycles. The number of nitrogens with one attached hydrogen (secondary N) is 2. The molecule has 0 spiro atoms. The molecule has 3 rings (SSSR count). The molecule has 0 amide bonds. The molecule has 2 aromatic rings. The van der Waals surface area contributed by atoms with Crippen LogP contribution in [0.5, 0.6) is 17.2 Å². The molecule has 2 N–H and O–H groups in total. The minimum Gasteiger partial charge on any atom is -0.497 e. The number of benzene rings is 2. The third-order valence-corrected chi connectivity index (χ3v) is 4.68. The van der Waals surface area contributed by atoms with Crippen LogP contribution in [0.25, 0.3) is 0 Å². The maximum Gasteiger partial charge on any atom is 0.231 e. The third kappa shape index (κ3) is 5.06. The van der Waals surface area contributed by atoms with Crippen LogP contribution in [0.2, 0.25) is 0 Å². The highest BCUT2D eigenvalue weighted by molar-refractivity contribution is 5.79. The van der Waals surface area contributed by atoms with Crippen LogP contribution in [0.3, 0.4) is 0 Å². The monoisotopic (exact) mass is 369 g/mol. The van der Waals surface area contributed by atoms with Crippen molar-refractivity contribution in [3.05, 3.63) is 53.6 Å². The maximum absolute atomic E-state index is 5.42. The molecular weight excluding hydrogens is 342 g/mol. The number of nitrogens with zero attached hydrogens (tertiary/aromatic N) is 1. The second-order valence-corrected chi connectivity index (χ2v) is 6.50. The van der Waals surface area contributed by atoms with E-state index in [1.165, 1.54) is 5.56 Å². The number of methoxy groups -OCH3 is 1. The number of fused-ring (bicyclic) bond motifs is 1. The first-order chi connectivity index (χ1) is 13.2. The second kappa shape index (κ2) is 9.16. The molecule has 0 saturated carbocycles. The van der Waals surface area contributed by atoms with Crippen molar-refractivity contribution < 1.29 is 14.2 Å². The van der Waals surface area contributed by atoms with Crippen molar-refractivity contribution in [2.75, 3.05) is 27.5 Å². The van der Waals surface area contributed by atoms with Gasteiger partial charge in [0.15, 0.2) is 17.5 Å². The van der Waals surface area contributed by atoms with Crippen LogP contribution in [0, 0.1) is 0 Å². The maximum atomic E-state index is 5.42. The van der Waals surface area contributed by atoms with Crippen LogP contribution in [-0.4, -0.2) is 33.5 Å². The molecule has 1 aliphatic rings. The molecule has 1 aliphatic heterocycles. The fourth-order valence-electron chi connectivity index (χ4n) is 2.96. The number of aliphatic imine (C=N–C) groups is 1. The van der Waals surface area contributed by atoms with Gasteiger partial charge in [0, 0.05) is 20.1 Å². The van der Waals surface area contributed by atoms with E-state index in [1.807, 2.05) is 30.3 Å². The summed E-state index contributed by atoms with van der Waals surface area (Å²) in [4.78, 5) is 4.29. The number of ether oxygens (including phenoxy) is 3. The Balaban J connectivity index is 1.43. The Kier molecular flexibility index (Phi) is 6.41. The Morgan fingerprint density at radius 3 is 2.63 bits per heavy atom. The summed E-state index contributed by atoms with van der Waals surface area (Å²) >= 11 is 0. The van der Waals surface area contributed by atoms with E-state index < -0.39 is 0 Å². The molecule has 0 fully saturated rings. The average molecular weight is 369 g/mol. The van der Waals surface area contributed by atoms with Crippen LogP contribution >= 0.6 is 0 Å². The fourth-order valence-corrected chi connectivity index (χ4v) is 2.96. The molecule has 0 bridgehead atoms. The summed E-state index contributed by atoms with van der Waals surface area (Å²) in [5.74, 6) is 3.72. The molecule has 27 heavy (non-hydrogen) atoms. The van der Waals surface area contributed by atoms with Crippen LogP contribution in [0.15, 0.2) is 47.5 Å². The van der Waals surface area contributed by atoms with Gasteiger partial charge in [0.05, 0.1) is 7.11 Å². The van der Waals surface area contributed by atoms with Gasteiger partial charge in [-0.1, -0.05) is 25.1 Å². The van der Waals surface area contributed by atoms with Crippen molar-refractivity contribution in [2.45, 2.75) is 25.8 Å². The lowest BCUT2D eigenvalue weighted by molar-refractivity contribution is 0.174. The number of guanidine groups is 1. The Bertz CT molecular complexity index is 775. The van der Waals surface area contributed by atoms with Crippen LogP contribution in [-0.2, 0) is 6.54 Å². The number of rotatable bonds is 7. The Morgan fingerprint density at radius 2 is 1.89 bits per heavy atom. The molecule has 1 unspecified atom stereocenters. The van der Waals surface area contributed by atoms with Gasteiger partial charge < -0.3 is 24.8 Å². The number of hydrogen-bond donors (Lipinski definition) is 2. The van der Waals surface area contributed by atoms with E-state index in [1.54, 1.807) is 14.2 Å². The van der Waals surface area contributed by atoms with Crippen LogP contribution < -0.4 is 24.8 Å². The van der Waals surface area contributed by atoms with Crippen molar-refractivity contribution in [3.8, 4) is 17.2 Å². The van der Waals surface area contributed by atoms with E-state index in [-0.39, 0.29) is 0 Å². The first-order valence-corrected chi connectivity index (χ1v) is 9.16. The topological polar surface area (TPSA) is 64.1 Å². The van der Waals surface area contributed by atoms with Gasteiger partial charge >= 0.3 is 0 Å². The van der Waals surface area contributed by atoms with Gasteiger partial charge in [0.1, 0.15) is 5.75 Å². The highest BCUT2D eigenvalue weighted by Gasteiger charge is 2.13. The summed E-state index contributed by atoms with van der Waals surface area (Å²) in [5.41, 5.74) is 2.43. The molecule has 144 valence electrons. The quantitative estimate of drug-likeness (QED) is 0.579. The lowest BCUT2D eigenvalue weighted by atomic mass is 9.98. The number of hydrogen-bond acceptors (Lipinski definition) is 4. The highest BCUT2D eigenvalue weighted by atomic mass is 16.7. The first-order valence-electron chi connectivity index (χ1n) is 9.16. The lowest BCUT2D eigenvalue weighted by Gasteiger charge is -2.15. The normalized spacial score (nSPS) is 14.0. The molecule has 0 aliphatic carbocycles. The van der Waals surface area contributed by atoms with E-state index >= 15 is 0 Å². The molecular formula is C21H27N3O3. The summed E-state index contributed by atoms with van der Waals surface area (Å²) in [6, 6.07) is 14.2. The second-order valence-electron chi connectivity index (χ2n) is 6.50. The van der Waals surface area contributed by atoms with Gasteiger partial charge in [-0.05, 0) is 47.7 Å². The minimum atomic E-state index is 0.293. The molecule has 0 aromatic heterocycles. The molecule has 1 heterocycles. The predicted molar refractivity (Wildman–Crippen MR) is 107 cm³/mol. The van der Waals surface area contributed by atoms with E-state index in [0.717, 1.165) is 41.7 Å². The van der Waals surface area contributed by atoms with Gasteiger partial charge in [0.25, 0.3) is 0 Å². The summed E-state index contributed by atoms with van der Waals surface area (Å²) in [5, 5.41) is 6.70. The largest absolute Gasteiger partial charge is 0.497 e. The van der Waals surface area contributed by atoms with E-state index in [9.17, 15) is 0 Å². The fraction of sp³-hybridized carbons (Fsp3) is 0.381. The van der Waals surface area contributed by atoms with E-state index in [2.05, 4.69) is 34.7 Å². The zero-order valence-electron chi connectivity index (χ0n) is 16.1. The zero-order valence-corrected chi connectivity index (χ0v) is 16.1. The van der Waals surface area contributed by atoms with Crippen molar-refractivity contribution in [1.29, 1.82) is 0 Å². The van der Waals surface area contributed by atoms with Gasteiger partial charge in [-0.25, -0.2) is 0 Å². The molecule has 1 atom stereocenters.